The zero-order valence-corrected chi connectivity index (χ0v) is 8.13. The number of hydrogen-bond donors (Lipinski definition) is 1. The molecule has 0 spiro atoms. The Morgan fingerprint density at radius 2 is 2.38 bits per heavy atom. The molecule has 0 bridgehead atoms. The number of ether oxygens (including phenoxy) is 2. The molecule has 0 unspecified atom stereocenters. The highest BCUT2D eigenvalue weighted by molar-refractivity contribution is 4.68. The summed E-state index contributed by atoms with van der Waals surface area (Å²) in [6.45, 7) is 7.67. The zero-order chi connectivity index (χ0) is 9.36. The Bertz CT molecular complexity index is 133. The van der Waals surface area contributed by atoms with Gasteiger partial charge in [0.1, 0.15) is 0 Å². The summed E-state index contributed by atoms with van der Waals surface area (Å²) in [5.41, 5.74) is 0. The summed E-state index contributed by atoms with van der Waals surface area (Å²) in [4.78, 5) is 0. The van der Waals surface area contributed by atoms with Gasteiger partial charge in [-0.1, -0.05) is 6.08 Å². The fourth-order valence-electron chi connectivity index (χ4n) is 1.40. The van der Waals surface area contributed by atoms with Crippen LogP contribution in [0.1, 0.15) is 12.8 Å². The molecule has 0 saturated carbocycles. The molecule has 1 heterocycles. The van der Waals surface area contributed by atoms with E-state index in [-0.39, 0.29) is 0 Å². The van der Waals surface area contributed by atoms with Gasteiger partial charge in [-0.15, -0.1) is 6.58 Å². The van der Waals surface area contributed by atoms with Gasteiger partial charge >= 0.3 is 0 Å². The highest BCUT2D eigenvalue weighted by atomic mass is 16.5. The fourth-order valence-corrected chi connectivity index (χ4v) is 1.40. The Kier molecular flexibility index (Phi) is 5.81. The van der Waals surface area contributed by atoms with E-state index in [1.165, 1.54) is 12.8 Å². The van der Waals surface area contributed by atoms with Gasteiger partial charge in [0, 0.05) is 6.54 Å². The quantitative estimate of drug-likeness (QED) is 0.494. The Balaban J connectivity index is 1.89. The maximum absolute atomic E-state index is 5.61. The van der Waals surface area contributed by atoms with Gasteiger partial charge in [-0.25, -0.2) is 0 Å². The Hall–Kier alpha value is -0.380. The molecule has 1 aliphatic heterocycles. The molecule has 0 radical (unpaired) electrons. The van der Waals surface area contributed by atoms with Crippen LogP contribution in [-0.2, 0) is 9.47 Å². The van der Waals surface area contributed by atoms with Crippen LogP contribution in [0.25, 0.3) is 0 Å². The van der Waals surface area contributed by atoms with E-state index in [1.807, 2.05) is 0 Å². The lowest BCUT2D eigenvalue weighted by molar-refractivity contribution is 0.000738. The minimum atomic E-state index is 0.390. The summed E-state index contributed by atoms with van der Waals surface area (Å²) >= 11 is 0. The maximum Gasteiger partial charge on any atom is 0.0705 e. The highest BCUT2D eigenvalue weighted by Gasteiger charge is 2.12. The van der Waals surface area contributed by atoms with Crippen molar-refractivity contribution >= 4 is 0 Å². The standard InChI is InChI=1S/C10H19NO2/c1-2-6-12-7-8-13-10-4-3-5-11-9-10/h2,10-11H,1,3-9H2/t10-/m1/s1. The normalized spacial score (nSPS) is 22.9. The zero-order valence-electron chi connectivity index (χ0n) is 8.13. The molecule has 1 rings (SSSR count). The van der Waals surface area contributed by atoms with Crippen molar-refractivity contribution in [3.63, 3.8) is 0 Å². The van der Waals surface area contributed by atoms with Crippen LogP contribution in [-0.4, -0.2) is 39.0 Å². The van der Waals surface area contributed by atoms with Gasteiger partial charge in [-0.05, 0) is 19.4 Å². The fraction of sp³-hybridized carbons (Fsp3) is 0.800. The topological polar surface area (TPSA) is 30.5 Å². The van der Waals surface area contributed by atoms with E-state index < -0.39 is 0 Å². The first-order valence-corrected chi connectivity index (χ1v) is 4.94. The molecular weight excluding hydrogens is 166 g/mol. The van der Waals surface area contributed by atoms with Crippen molar-refractivity contribution in [2.75, 3.05) is 32.9 Å². The summed E-state index contributed by atoms with van der Waals surface area (Å²) in [6, 6.07) is 0. The molecular formula is C10H19NO2. The van der Waals surface area contributed by atoms with Crippen LogP contribution in [0, 0.1) is 0 Å². The van der Waals surface area contributed by atoms with Crippen LogP contribution in [0.15, 0.2) is 12.7 Å². The minimum Gasteiger partial charge on any atom is -0.375 e. The van der Waals surface area contributed by atoms with Crippen molar-refractivity contribution < 1.29 is 9.47 Å². The number of piperidine rings is 1. The SMILES string of the molecule is C=CCOCCO[C@@H]1CCCNC1. The third-order valence-corrected chi connectivity index (χ3v) is 2.07. The predicted octanol–water partition coefficient (Wildman–Crippen LogP) is 0.958. The second kappa shape index (κ2) is 7.06. The van der Waals surface area contributed by atoms with Crippen molar-refractivity contribution in [2.45, 2.75) is 18.9 Å². The van der Waals surface area contributed by atoms with Gasteiger partial charge in [0.05, 0.1) is 25.9 Å². The van der Waals surface area contributed by atoms with Gasteiger partial charge in [0.15, 0.2) is 0 Å². The Morgan fingerprint density at radius 1 is 1.46 bits per heavy atom. The van der Waals surface area contributed by atoms with Crippen molar-refractivity contribution in [3.05, 3.63) is 12.7 Å². The Morgan fingerprint density at radius 3 is 3.08 bits per heavy atom. The maximum atomic E-state index is 5.61. The molecule has 1 aliphatic rings. The van der Waals surface area contributed by atoms with Crippen LogP contribution in [0.5, 0.6) is 0 Å². The lowest BCUT2D eigenvalue weighted by atomic mass is 10.1. The molecule has 1 saturated heterocycles. The molecule has 3 heteroatoms. The van der Waals surface area contributed by atoms with Gasteiger partial charge < -0.3 is 14.8 Å². The third kappa shape index (κ3) is 5.03. The largest absolute Gasteiger partial charge is 0.375 e. The lowest BCUT2D eigenvalue weighted by Crippen LogP contribution is -2.35. The van der Waals surface area contributed by atoms with Gasteiger partial charge in [-0.2, -0.15) is 0 Å². The van der Waals surface area contributed by atoms with Crippen molar-refractivity contribution in [2.24, 2.45) is 0 Å². The molecule has 0 aromatic carbocycles. The van der Waals surface area contributed by atoms with E-state index in [0.29, 0.717) is 25.9 Å². The molecule has 0 aromatic heterocycles. The van der Waals surface area contributed by atoms with Crippen LogP contribution in [0.2, 0.25) is 0 Å². The summed E-state index contributed by atoms with van der Waals surface area (Å²) in [6.07, 6.45) is 4.54. The second-order valence-corrected chi connectivity index (χ2v) is 3.20. The van der Waals surface area contributed by atoms with Crippen molar-refractivity contribution in [3.8, 4) is 0 Å². The molecule has 3 nitrogen and oxygen atoms in total. The molecule has 1 atom stereocenters. The summed E-state index contributed by atoms with van der Waals surface area (Å²) in [5.74, 6) is 0. The molecule has 76 valence electrons. The average Bonchev–Trinajstić information content (AvgIpc) is 2.19. The highest BCUT2D eigenvalue weighted by Crippen LogP contribution is 2.05. The first-order valence-electron chi connectivity index (χ1n) is 4.94. The van der Waals surface area contributed by atoms with E-state index in [4.69, 9.17) is 9.47 Å². The smallest absolute Gasteiger partial charge is 0.0705 e. The average molecular weight is 185 g/mol. The lowest BCUT2D eigenvalue weighted by Gasteiger charge is -2.22. The molecule has 1 fully saturated rings. The Labute approximate surface area is 80.1 Å². The van der Waals surface area contributed by atoms with E-state index in [9.17, 15) is 0 Å². The summed E-state index contributed by atoms with van der Waals surface area (Å²) < 4.78 is 10.8. The first-order chi connectivity index (χ1) is 6.43. The monoisotopic (exact) mass is 185 g/mol. The van der Waals surface area contributed by atoms with Gasteiger partial charge in [-0.3, -0.25) is 0 Å². The molecule has 0 aliphatic carbocycles. The molecule has 0 aromatic rings. The van der Waals surface area contributed by atoms with Crippen LogP contribution < -0.4 is 5.32 Å². The van der Waals surface area contributed by atoms with Crippen LogP contribution in [0.4, 0.5) is 0 Å². The van der Waals surface area contributed by atoms with E-state index >= 15 is 0 Å². The summed E-state index contributed by atoms with van der Waals surface area (Å²) in [7, 11) is 0. The van der Waals surface area contributed by atoms with E-state index in [0.717, 1.165) is 13.1 Å². The van der Waals surface area contributed by atoms with Gasteiger partial charge in [0.2, 0.25) is 0 Å². The second-order valence-electron chi connectivity index (χ2n) is 3.20. The molecule has 1 N–H and O–H groups in total. The first kappa shape index (κ1) is 10.7. The summed E-state index contributed by atoms with van der Waals surface area (Å²) in [5, 5.41) is 3.30. The molecule has 0 amide bonds. The van der Waals surface area contributed by atoms with Gasteiger partial charge in [0.25, 0.3) is 0 Å². The van der Waals surface area contributed by atoms with Crippen LogP contribution in [0.3, 0.4) is 0 Å². The van der Waals surface area contributed by atoms with E-state index in [2.05, 4.69) is 11.9 Å². The van der Waals surface area contributed by atoms with Crippen molar-refractivity contribution in [1.29, 1.82) is 0 Å². The number of nitrogens with one attached hydrogen (secondary N) is 1. The van der Waals surface area contributed by atoms with Crippen molar-refractivity contribution in [1.82, 2.24) is 5.32 Å². The predicted molar refractivity (Wildman–Crippen MR) is 52.9 cm³/mol. The number of hydrogen-bond acceptors (Lipinski definition) is 3. The van der Waals surface area contributed by atoms with E-state index in [1.54, 1.807) is 6.08 Å². The minimum absolute atomic E-state index is 0.390. The molecule has 13 heavy (non-hydrogen) atoms. The van der Waals surface area contributed by atoms with Crippen LogP contribution >= 0.6 is 0 Å². The third-order valence-electron chi connectivity index (χ3n) is 2.07. The number of rotatable bonds is 6.